The monoisotopic (exact) mass is 287 g/mol. The topological polar surface area (TPSA) is 58.1 Å². The van der Waals surface area contributed by atoms with Gasteiger partial charge in [0, 0.05) is 6.04 Å². The standard InChI is InChI=1S/C13H22ClN3O2/c1-5-6-10-11(14)15-13(19)17(12(10)18)9(2)7-8-16(3)4/h9H,5-8H2,1-4H3,(H,15,19). The van der Waals surface area contributed by atoms with Crippen molar-refractivity contribution in [1.82, 2.24) is 14.5 Å². The largest absolute Gasteiger partial charge is 0.329 e. The minimum atomic E-state index is -0.430. The zero-order valence-electron chi connectivity index (χ0n) is 12.0. The number of aromatic amines is 1. The van der Waals surface area contributed by atoms with Gasteiger partial charge >= 0.3 is 5.69 Å². The summed E-state index contributed by atoms with van der Waals surface area (Å²) < 4.78 is 1.28. The van der Waals surface area contributed by atoms with Crippen LogP contribution in [-0.4, -0.2) is 35.1 Å². The molecule has 0 aliphatic carbocycles. The van der Waals surface area contributed by atoms with E-state index in [1.807, 2.05) is 32.8 Å². The van der Waals surface area contributed by atoms with Crippen LogP contribution in [0.5, 0.6) is 0 Å². The van der Waals surface area contributed by atoms with E-state index in [4.69, 9.17) is 11.6 Å². The maximum Gasteiger partial charge on any atom is 0.329 e. The SMILES string of the molecule is CCCc1c(Cl)[nH]c(=O)n(C(C)CCN(C)C)c1=O. The molecule has 6 heteroatoms. The molecule has 1 aromatic heterocycles. The molecule has 0 radical (unpaired) electrons. The molecule has 0 aliphatic heterocycles. The van der Waals surface area contributed by atoms with Gasteiger partial charge in [-0.15, -0.1) is 0 Å². The second kappa shape index (κ2) is 6.91. The second-order valence-electron chi connectivity index (χ2n) is 5.09. The summed E-state index contributed by atoms with van der Waals surface area (Å²) in [6, 6.07) is -0.147. The number of aromatic nitrogens is 2. The van der Waals surface area contributed by atoms with Gasteiger partial charge in [0.2, 0.25) is 0 Å². The summed E-state index contributed by atoms with van der Waals surface area (Å²) in [7, 11) is 3.92. The highest BCUT2D eigenvalue weighted by atomic mass is 35.5. The lowest BCUT2D eigenvalue weighted by molar-refractivity contribution is 0.349. The Morgan fingerprint density at radius 2 is 2.00 bits per heavy atom. The van der Waals surface area contributed by atoms with Gasteiger partial charge in [0.05, 0.1) is 5.56 Å². The average molecular weight is 288 g/mol. The molecule has 0 bridgehead atoms. The fourth-order valence-electron chi connectivity index (χ4n) is 2.00. The Bertz CT molecular complexity index is 534. The van der Waals surface area contributed by atoms with Crippen LogP contribution in [0.3, 0.4) is 0 Å². The van der Waals surface area contributed by atoms with Crippen molar-refractivity contribution >= 4 is 11.6 Å². The Labute approximate surface area is 118 Å². The summed E-state index contributed by atoms with van der Waals surface area (Å²) in [6.45, 7) is 4.67. The van der Waals surface area contributed by atoms with E-state index in [2.05, 4.69) is 4.98 Å². The molecule has 5 nitrogen and oxygen atoms in total. The summed E-state index contributed by atoms with van der Waals surface area (Å²) in [5.41, 5.74) is -0.191. The van der Waals surface area contributed by atoms with Gasteiger partial charge in [0.1, 0.15) is 5.15 Å². The molecular weight excluding hydrogens is 266 g/mol. The lowest BCUT2D eigenvalue weighted by Crippen LogP contribution is -2.40. The van der Waals surface area contributed by atoms with Gasteiger partial charge in [0.15, 0.2) is 0 Å². The first-order valence-electron chi connectivity index (χ1n) is 6.56. The van der Waals surface area contributed by atoms with E-state index in [0.717, 1.165) is 19.4 Å². The van der Waals surface area contributed by atoms with Crippen molar-refractivity contribution in [3.8, 4) is 0 Å². The maximum atomic E-state index is 12.3. The molecular formula is C13H22ClN3O2. The van der Waals surface area contributed by atoms with Crippen LogP contribution in [0, 0.1) is 0 Å². The molecule has 0 aliphatic rings. The molecule has 1 rings (SSSR count). The number of rotatable bonds is 6. The van der Waals surface area contributed by atoms with E-state index in [1.165, 1.54) is 4.57 Å². The lowest BCUT2D eigenvalue weighted by atomic mass is 10.2. The molecule has 0 amide bonds. The molecule has 1 aromatic rings. The van der Waals surface area contributed by atoms with Gasteiger partial charge in [-0.1, -0.05) is 24.9 Å². The number of H-pyrrole nitrogens is 1. The first-order chi connectivity index (χ1) is 8.88. The van der Waals surface area contributed by atoms with E-state index in [9.17, 15) is 9.59 Å². The molecule has 108 valence electrons. The van der Waals surface area contributed by atoms with Crippen LogP contribution >= 0.6 is 11.6 Å². The third-order valence-electron chi connectivity index (χ3n) is 3.11. The summed E-state index contributed by atoms with van der Waals surface area (Å²) in [5.74, 6) is 0. The summed E-state index contributed by atoms with van der Waals surface area (Å²) in [4.78, 5) is 28.8. The first kappa shape index (κ1) is 16.0. The minimum Gasteiger partial charge on any atom is -0.309 e. The van der Waals surface area contributed by atoms with Crippen molar-refractivity contribution in [3.05, 3.63) is 31.6 Å². The van der Waals surface area contributed by atoms with E-state index >= 15 is 0 Å². The van der Waals surface area contributed by atoms with Crippen LogP contribution in [0.25, 0.3) is 0 Å². The van der Waals surface area contributed by atoms with E-state index < -0.39 is 5.69 Å². The Kier molecular flexibility index (Phi) is 5.82. The van der Waals surface area contributed by atoms with Gasteiger partial charge in [0.25, 0.3) is 5.56 Å². The number of hydrogen-bond acceptors (Lipinski definition) is 3. The Morgan fingerprint density at radius 1 is 1.37 bits per heavy atom. The molecule has 1 N–H and O–H groups in total. The van der Waals surface area contributed by atoms with Gasteiger partial charge in [-0.3, -0.25) is 14.3 Å². The van der Waals surface area contributed by atoms with Crippen molar-refractivity contribution in [3.63, 3.8) is 0 Å². The molecule has 1 heterocycles. The Balaban J connectivity index is 3.16. The van der Waals surface area contributed by atoms with Crippen molar-refractivity contribution in [1.29, 1.82) is 0 Å². The van der Waals surface area contributed by atoms with E-state index in [1.54, 1.807) is 0 Å². The lowest BCUT2D eigenvalue weighted by Gasteiger charge is -2.18. The molecule has 1 atom stereocenters. The quantitative estimate of drug-likeness (QED) is 0.810. The molecule has 0 saturated carbocycles. The van der Waals surface area contributed by atoms with Crippen molar-refractivity contribution in [2.24, 2.45) is 0 Å². The summed E-state index contributed by atoms with van der Waals surface area (Å²) in [6.07, 6.45) is 2.13. The van der Waals surface area contributed by atoms with Gasteiger partial charge in [-0.05, 0) is 40.4 Å². The van der Waals surface area contributed by atoms with Gasteiger partial charge in [-0.2, -0.15) is 0 Å². The zero-order chi connectivity index (χ0) is 14.6. The zero-order valence-corrected chi connectivity index (χ0v) is 12.8. The molecule has 0 aromatic carbocycles. The Hall–Kier alpha value is -1.07. The number of nitrogens with zero attached hydrogens (tertiary/aromatic N) is 2. The van der Waals surface area contributed by atoms with Gasteiger partial charge in [-0.25, -0.2) is 4.79 Å². The highest BCUT2D eigenvalue weighted by Crippen LogP contribution is 2.11. The molecule has 0 fully saturated rings. The summed E-state index contributed by atoms with van der Waals surface area (Å²) in [5, 5.41) is 0.174. The van der Waals surface area contributed by atoms with Crippen molar-refractivity contribution in [2.45, 2.75) is 39.2 Å². The van der Waals surface area contributed by atoms with Crippen molar-refractivity contribution < 1.29 is 0 Å². The van der Waals surface area contributed by atoms with Gasteiger partial charge < -0.3 is 4.90 Å². The average Bonchev–Trinajstić information content (AvgIpc) is 2.31. The molecule has 0 saturated heterocycles. The molecule has 19 heavy (non-hydrogen) atoms. The maximum absolute atomic E-state index is 12.3. The second-order valence-corrected chi connectivity index (χ2v) is 5.47. The van der Waals surface area contributed by atoms with Crippen LogP contribution in [0.4, 0.5) is 0 Å². The molecule has 0 spiro atoms. The minimum absolute atomic E-state index is 0.147. The van der Waals surface area contributed by atoms with E-state index in [0.29, 0.717) is 12.0 Å². The predicted molar refractivity (Wildman–Crippen MR) is 78.2 cm³/mol. The highest BCUT2D eigenvalue weighted by molar-refractivity contribution is 6.30. The predicted octanol–water partition coefficient (Wildman–Crippen LogP) is 1.66. The first-order valence-corrected chi connectivity index (χ1v) is 6.94. The van der Waals surface area contributed by atoms with Crippen molar-refractivity contribution in [2.75, 3.05) is 20.6 Å². The van der Waals surface area contributed by atoms with Crippen LogP contribution in [0.2, 0.25) is 5.15 Å². The number of hydrogen-bond donors (Lipinski definition) is 1. The van der Waals surface area contributed by atoms with Crippen LogP contribution in [0.15, 0.2) is 9.59 Å². The fourth-order valence-corrected chi connectivity index (χ4v) is 2.26. The third kappa shape index (κ3) is 3.94. The number of nitrogens with one attached hydrogen (secondary N) is 1. The number of halogens is 1. The normalized spacial score (nSPS) is 12.9. The fraction of sp³-hybridized carbons (Fsp3) is 0.692. The summed E-state index contributed by atoms with van der Waals surface area (Å²) >= 11 is 5.94. The van der Waals surface area contributed by atoms with Crippen LogP contribution in [0.1, 0.15) is 38.3 Å². The van der Waals surface area contributed by atoms with Crippen LogP contribution in [-0.2, 0) is 6.42 Å². The molecule has 1 unspecified atom stereocenters. The third-order valence-corrected chi connectivity index (χ3v) is 3.43. The Morgan fingerprint density at radius 3 is 2.53 bits per heavy atom. The highest BCUT2D eigenvalue weighted by Gasteiger charge is 2.16. The van der Waals surface area contributed by atoms with E-state index in [-0.39, 0.29) is 16.8 Å². The van der Waals surface area contributed by atoms with Crippen LogP contribution < -0.4 is 11.2 Å². The smallest absolute Gasteiger partial charge is 0.309 e.